The van der Waals surface area contributed by atoms with Gasteiger partial charge in [-0.15, -0.1) is 0 Å². The smallest absolute Gasteiger partial charge is 0.349 e. The molecule has 1 amide bonds. The van der Waals surface area contributed by atoms with Crippen molar-refractivity contribution in [3.8, 4) is 6.07 Å². The van der Waals surface area contributed by atoms with E-state index in [4.69, 9.17) is 4.74 Å². The molecule has 6 heteroatoms. The number of hydrogen-bond acceptors (Lipinski definition) is 5. The molecule has 0 fully saturated rings. The van der Waals surface area contributed by atoms with Crippen LogP contribution < -0.4 is 5.32 Å². The third kappa shape index (κ3) is 6.14. The lowest BCUT2D eigenvalue weighted by molar-refractivity contribution is -0.148. The quantitative estimate of drug-likeness (QED) is 0.317. The minimum absolute atomic E-state index is 0.0789. The molecule has 2 aromatic carbocycles. The van der Waals surface area contributed by atoms with Crippen LogP contribution in [0.4, 0.5) is 5.69 Å². The molecule has 1 atom stereocenters. The predicted octanol–water partition coefficient (Wildman–Crippen LogP) is 4.49. The molecule has 0 bridgehead atoms. The molecule has 0 saturated carbocycles. The van der Waals surface area contributed by atoms with Gasteiger partial charge in [-0.3, -0.25) is 9.59 Å². The van der Waals surface area contributed by atoms with Gasteiger partial charge in [0.15, 0.2) is 11.9 Å². The Bertz CT molecular complexity index is 997. The van der Waals surface area contributed by atoms with Gasteiger partial charge in [-0.05, 0) is 61.2 Å². The zero-order valence-electron chi connectivity index (χ0n) is 17.4. The molecule has 0 unspecified atom stereocenters. The van der Waals surface area contributed by atoms with Crippen molar-refractivity contribution >= 4 is 29.4 Å². The molecule has 0 aliphatic rings. The fourth-order valence-electron chi connectivity index (χ4n) is 2.59. The van der Waals surface area contributed by atoms with E-state index in [0.29, 0.717) is 22.7 Å². The van der Waals surface area contributed by atoms with E-state index >= 15 is 0 Å². The van der Waals surface area contributed by atoms with Crippen LogP contribution in [0.15, 0.2) is 54.1 Å². The van der Waals surface area contributed by atoms with Crippen molar-refractivity contribution in [2.75, 3.05) is 5.32 Å². The van der Waals surface area contributed by atoms with Crippen LogP contribution in [0.3, 0.4) is 0 Å². The van der Waals surface area contributed by atoms with Crippen LogP contribution in [0.1, 0.15) is 55.1 Å². The first-order chi connectivity index (χ1) is 14.2. The first-order valence-corrected chi connectivity index (χ1v) is 9.56. The number of carbonyl (C=O) groups is 3. The van der Waals surface area contributed by atoms with Crippen molar-refractivity contribution < 1.29 is 19.1 Å². The first kappa shape index (κ1) is 22.6. The van der Waals surface area contributed by atoms with Crippen molar-refractivity contribution in [1.29, 1.82) is 5.26 Å². The van der Waals surface area contributed by atoms with E-state index in [2.05, 4.69) is 19.2 Å². The van der Waals surface area contributed by atoms with Crippen LogP contribution in [0.25, 0.3) is 6.08 Å². The Morgan fingerprint density at radius 1 is 1.00 bits per heavy atom. The maximum atomic E-state index is 12.3. The second kappa shape index (κ2) is 10.2. The van der Waals surface area contributed by atoms with Gasteiger partial charge in [0.2, 0.25) is 0 Å². The zero-order valence-corrected chi connectivity index (χ0v) is 17.4. The number of nitrogens with one attached hydrogen (secondary N) is 1. The SMILES string of the molecule is CC(=O)c1ccc(NC(=O)[C@H](C)OC(=O)/C(C#N)=C/c2ccc(C(C)C)cc2)cc1. The molecule has 0 aromatic heterocycles. The number of benzene rings is 2. The van der Waals surface area contributed by atoms with E-state index in [1.165, 1.54) is 19.9 Å². The highest BCUT2D eigenvalue weighted by Gasteiger charge is 2.21. The molecule has 1 N–H and O–H groups in total. The predicted molar refractivity (Wildman–Crippen MR) is 115 cm³/mol. The molecule has 0 saturated heterocycles. The van der Waals surface area contributed by atoms with Gasteiger partial charge in [0.05, 0.1) is 0 Å². The van der Waals surface area contributed by atoms with Gasteiger partial charge in [-0.2, -0.15) is 5.26 Å². The Hall–Kier alpha value is -3.72. The number of amides is 1. The Morgan fingerprint density at radius 2 is 1.60 bits per heavy atom. The highest BCUT2D eigenvalue weighted by molar-refractivity contribution is 6.01. The monoisotopic (exact) mass is 404 g/mol. The van der Waals surface area contributed by atoms with Gasteiger partial charge in [0.1, 0.15) is 11.6 Å². The molecule has 0 radical (unpaired) electrons. The summed E-state index contributed by atoms with van der Waals surface area (Å²) in [5.41, 5.74) is 2.63. The minimum Gasteiger partial charge on any atom is -0.448 e. The zero-order chi connectivity index (χ0) is 22.3. The molecule has 30 heavy (non-hydrogen) atoms. The van der Waals surface area contributed by atoms with Crippen LogP contribution in [0.2, 0.25) is 0 Å². The number of ether oxygens (including phenoxy) is 1. The second-order valence-electron chi connectivity index (χ2n) is 7.16. The summed E-state index contributed by atoms with van der Waals surface area (Å²) in [5, 5.41) is 11.9. The van der Waals surface area contributed by atoms with Crippen LogP contribution in [-0.2, 0) is 14.3 Å². The Kier molecular flexibility index (Phi) is 7.65. The molecule has 154 valence electrons. The summed E-state index contributed by atoms with van der Waals surface area (Å²) in [4.78, 5) is 35.9. The number of hydrogen-bond donors (Lipinski definition) is 1. The normalized spacial score (nSPS) is 12.1. The van der Waals surface area contributed by atoms with Crippen molar-refractivity contribution in [1.82, 2.24) is 0 Å². The average Bonchev–Trinajstić information content (AvgIpc) is 2.72. The third-order valence-corrected chi connectivity index (χ3v) is 4.47. The number of carbonyl (C=O) groups excluding carboxylic acids is 3. The fourth-order valence-corrected chi connectivity index (χ4v) is 2.59. The summed E-state index contributed by atoms with van der Waals surface area (Å²) < 4.78 is 5.14. The third-order valence-electron chi connectivity index (χ3n) is 4.47. The van der Waals surface area contributed by atoms with E-state index in [1.54, 1.807) is 24.3 Å². The van der Waals surface area contributed by atoms with E-state index in [9.17, 15) is 19.6 Å². The highest BCUT2D eigenvalue weighted by Crippen LogP contribution is 2.17. The van der Waals surface area contributed by atoms with Crippen molar-refractivity contribution in [3.05, 3.63) is 70.8 Å². The van der Waals surface area contributed by atoms with E-state index < -0.39 is 18.0 Å². The van der Waals surface area contributed by atoms with Crippen LogP contribution in [0, 0.1) is 11.3 Å². The summed E-state index contributed by atoms with van der Waals surface area (Å²) in [6.45, 7) is 7.03. The van der Waals surface area contributed by atoms with E-state index in [0.717, 1.165) is 5.56 Å². The summed E-state index contributed by atoms with van der Waals surface area (Å²) in [6.07, 6.45) is 0.322. The van der Waals surface area contributed by atoms with Gasteiger partial charge in [0.25, 0.3) is 5.91 Å². The van der Waals surface area contributed by atoms with E-state index in [-0.39, 0.29) is 11.4 Å². The largest absolute Gasteiger partial charge is 0.448 e. The van der Waals surface area contributed by atoms with Crippen molar-refractivity contribution in [2.24, 2.45) is 0 Å². The molecular formula is C24H24N2O4. The summed E-state index contributed by atoms with van der Waals surface area (Å²) in [6, 6.07) is 15.7. The van der Waals surface area contributed by atoms with E-state index in [1.807, 2.05) is 30.3 Å². The second-order valence-corrected chi connectivity index (χ2v) is 7.16. The lowest BCUT2D eigenvalue weighted by Gasteiger charge is -2.13. The molecule has 2 rings (SSSR count). The van der Waals surface area contributed by atoms with Gasteiger partial charge in [-0.25, -0.2) is 4.79 Å². The first-order valence-electron chi connectivity index (χ1n) is 9.56. The number of anilines is 1. The number of Topliss-reactive ketones (excluding diaryl/α,β-unsaturated/α-hetero) is 1. The summed E-state index contributed by atoms with van der Waals surface area (Å²) >= 11 is 0. The summed E-state index contributed by atoms with van der Waals surface area (Å²) in [5.74, 6) is -1.12. The molecule has 0 heterocycles. The van der Waals surface area contributed by atoms with Crippen LogP contribution in [0.5, 0.6) is 0 Å². The Morgan fingerprint density at radius 3 is 2.10 bits per heavy atom. The van der Waals surface area contributed by atoms with Crippen molar-refractivity contribution in [2.45, 2.75) is 39.7 Å². The molecular weight excluding hydrogens is 380 g/mol. The number of nitrogens with zero attached hydrogens (tertiary/aromatic N) is 1. The molecule has 0 aliphatic carbocycles. The van der Waals surface area contributed by atoms with Crippen LogP contribution in [-0.4, -0.2) is 23.8 Å². The maximum absolute atomic E-state index is 12.3. The Balaban J connectivity index is 2.02. The van der Waals surface area contributed by atoms with Crippen molar-refractivity contribution in [3.63, 3.8) is 0 Å². The van der Waals surface area contributed by atoms with Gasteiger partial charge >= 0.3 is 5.97 Å². The maximum Gasteiger partial charge on any atom is 0.349 e. The number of nitriles is 1. The number of rotatable bonds is 7. The molecule has 2 aromatic rings. The molecule has 0 aliphatic heterocycles. The lowest BCUT2D eigenvalue weighted by atomic mass is 10.0. The van der Waals surface area contributed by atoms with Crippen LogP contribution >= 0.6 is 0 Å². The average molecular weight is 404 g/mol. The van der Waals surface area contributed by atoms with Gasteiger partial charge < -0.3 is 10.1 Å². The topological polar surface area (TPSA) is 96.3 Å². The summed E-state index contributed by atoms with van der Waals surface area (Å²) in [7, 11) is 0. The highest BCUT2D eigenvalue weighted by atomic mass is 16.5. The van der Waals surface area contributed by atoms with Gasteiger partial charge in [-0.1, -0.05) is 38.1 Å². The lowest BCUT2D eigenvalue weighted by Crippen LogP contribution is -2.30. The number of ketones is 1. The van der Waals surface area contributed by atoms with Gasteiger partial charge in [0, 0.05) is 11.3 Å². The molecule has 6 nitrogen and oxygen atoms in total. The number of esters is 1. The minimum atomic E-state index is -1.11. The molecule has 0 spiro atoms. The fraction of sp³-hybridized carbons (Fsp3) is 0.250. The Labute approximate surface area is 176 Å². The standard InChI is InChI=1S/C24H24N2O4/c1-15(2)19-7-5-18(6-8-19)13-21(14-25)24(29)30-17(4)23(28)26-22-11-9-20(10-12-22)16(3)27/h5-13,15,17H,1-4H3,(H,26,28)/b21-13+/t17-/m0/s1.